The molecule has 0 fully saturated rings. The van der Waals surface area contributed by atoms with Crippen molar-refractivity contribution in [3.8, 4) is 0 Å². The third-order valence-electron chi connectivity index (χ3n) is 4.68. The van der Waals surface area contributed by atoms with Gasteiger partial charge in [-0.2, -0.15) is 0 Å². The van der Waals surface area contributed by atoms with Crippen molar-refractivity contribution in [3.05, 3.63) is 0 Å². The molecule has 0 saturated carbocycles. The molecule has 0 amide bonds. The number of hydrogen-bond donors (Lipinski definition) is 0. The fourth-order valence-corrected chi connectivity index (χ4v) is 19.6. The van der Waals surface area contributed by atoms with Crippen LogP contribution in [-0.4, -0.2) is 54.9 Å². The van der Waals surface area contributed by atoms with Gasteiger partial charge in [0, 0.05) is 0 Å². The molecule has 130 valence electrons. The van der Waals surface area contributed by atoms with E-state index in [0.29, 0.717) is 0 Å². The molecule has 0 rings (SSSR count). The Kier molecular flexibility index (Phi) is 20.9. The van der Waals surface area contributed by atoms with Crippen LogP contribution in [0.5, 0.6) is 0 Å². The summed E-state index contributed by atoms with van der Waals surface area (Å²) in [7, 11) is 0. The summed E-state index contributed by atoms with van der Waals surface area (Å²) in [5.74, 6) is 0. The Balaban J connectivity index is 0. The van der Waals surface area contributed by atoms with E-state index < -0.39 is 18.4 Å². The molecule has 2 radical (unpaired) electrons. The van der Waals surface area contributed by atoms with Crippen LogP contribution >= 0.6 is 0 Å². The molecule has 0 heterocycles. The maximum atomic E-state index is 10.5. The van der Waals surface area contributed by atoms with Crippen molar-refractivity contribution in [2.45, 2.75) is 95.8 Å². The fraction of sp³-hybridized carbons (Fsp3) is 0.889. The number of rotatable bonds is 16. The molecule has 0 aliphatic rings. The summed E-state index contributed by atoms with van der Waals surface area (Å²) in [4.78, 5) is 21.0. The summed E-state index contributed by atoms with van der Waals surface area (Å²) in [5.41, 5.74) is 0. The zero-order chi connectivity index (χ0) is 15.8. The van der Waals surface area contributed by atoms with Gasteiger partial charge in [-0.1, -0.05) is 0 Å². The molecule has 2 nitrogen and oxygen atoms in total. The summed E-state index contributed by atoms with van der Waals surface area (Å²) in [5, 5.41) is 0. The number of carbonyl (C=O) groups excluding carboxylic acids is 2. The van der Waals surface area contributed by atoms with Crippen molar-refractivity contribution >= 4 is 54.9 Å². The number of hydrogen-bond acceptors (Lipinski definition) is 2. The van der Waals surface area contributed by atoms with Crippen LogP contribution in [0.1, 0.15) is 78.1 Å². The van der Waals surface area contributed by atoms with Crippen LogP contribution in [0.15, 0.2) is 0 Å². The van der Waals surface area contributed by atoms with Gasteiger partial charge in [0.25, 0.3) is 0 Å². The number of carbonyl (C=O) groups is 2. The van der Waals surface area contributed by atoms with Crippen LogP contribution < -0.4 is 0 Å². The molecule has 22 heavy (non-hydrogen) atoms. The van der Waals surface area contributed by atoms with E-state index in [4.69, 9.17) is 0 Å². The summed E-state index contributed by atoms with van der Waals surface area (Å²) >= 11 is -2.01. The van der Waals surface area contributed by atoms with Crippen LogP contribution in [0.2, 0.25) is 17.7 Å². The zero-order valence-electron chi connectivity index (χ0n) is 15.1. The van der Waals surface area contributed by atoms with Crippen LogP contribution in [0, 0.1) is 0 Å². The second-order valence-electron chi connectivity index (χ2n) is 6.53. The fourth-order valence-electron chi connectivity index (χ4n) is 3.31. The van der Waals surface area contributed by atoms with Crippen molar-refractivity contribution < 1.29 is 9.59 Å². The van der Waals surface area contributed by atoms with E-state index in [1.165, 1.54) is 56.3 Å². The topological polar surface area (TPSA) is 34.1 Å². The van der Waals surface area contributed by atoms with Crippen LogP contribution in [0.4, 0.5) is 0 Å². The summed E-state index contributed by atoms with van der Waals surface area (Å²) in [6.45, 7) is 4.60. The molecular formula is C18H38O2Sn2. The van der Waals surface area contributed by atoms with Gasteiger partial charge in [0.2, 0.25) is 0 Å². The van der Waals surface area contributed by atoms with Crippen LogP contribution in [0.3, 0.4) is 0 Å². The summed E-state index contributed by atoms with van der Waals surface area (Å²) < 4.78 is 6.02. The van der Waals surface area contributed by atoms with Gasteiger partial charge < -0.3 is 0 Å². The molecule has 0 aromatic carbocycles. The molecule has 0 bridgehead atoms. The number of unbranched alkanes of at least 4 members (excludes halogenated alkanes) is 6. The van der Waals surface area contributed by atoms with Gasteiger partial charge in [-0.25, -0.2) is 0 Å². The average Bonchev–Trinajstić information content (AvgIpc) is 2.51. The van der Waals surface area contributed by atoms with Crippen molar-refractivity contribution in [2.75, 3.05) is 0 Å². The normalized spacial score (nSPS) is 11.0. The Labute approximate surface area is 159 Å². The minimum atomic E-state index is -2.01. The van der Waals surface area contributed by atoms with Crippen LogP contribution in [-0.2, 0) is 9.59 Å². The van der Waals surface area contributed by atoms with Crippen molar-refractivity contribution in [2.24, 2.45) is 0 Å². The molecule has 0 aromatic rings. The van der Waals surface area contributed by atoms with Gasteiger partial charge in [0.05, 0.1) is 0 Å². The van der Waals surface area contributed by atoms with Gasteiger partial charge in [0.15, 0.2) is 0 Å². The van der Waals surface area contributed by atoms with Crippen molar-refractivity contribution in [3.63, 3.8) is 0 Å². The summed E-state index contributed by atoms with van der Waals surface area (Å²) in [6.07, 6.45) is 13.8. The first-order valence-electron chi connectivity index (χ1n) is 9.12. The quantitative estimate of drug-likeness (QED) is 0.165. The Hall–Kier alpha value is 0.937. The third kappa shape index (κ3) is 13.4. The second kappa shape index (κ2) is 18.3. The van der Waals surface area contributed by atoms with E-state index in [1.807, 2.05) is 0 Å². The first-order chi connectivity index (χ1) is 10.2. The average molecular weight is 524 g/mol. The molecule has 0 aliphatic carbocycles. The van der Waals surface area contributed by atoms with E-state index in [2.05, 4.69) is 13.8 Å². The van der Waals surface area contributed by atoms with E-state index in [-0.39, 0.29) is 23.9 Å². The Morgan fingerprint density at radius 1 is 0.636 bits per heavy atom. The summed E-state index contributed by atoms with van der Waals surface area (Å²) in [6, 6.07) is 0. The molecule has 0 atom stereocenters. The maximum absolute atomic E-state index is 10.5. The Bertz CT molecular complexity index is 231. The molecule has 0 aromatic heterocycles. The molecule has 0 aliphatic heterocycles. The molecule has 0 unspecified atom stereocenters. The number of aldehydes is 2. The monoisotopic (exact) mass is 526 g/mol. The first kappa shape index (κ1) is 25.2. The minimum absolute atomic E-state index is 0. The van der Waals surface area contributed by atoms with E-state index in [1.54, 1.807) is 0 Å². The molecule has 0 spiro atoms. The third-order valence-corrected chi connectivity index (χ3v) is 20.8. The SMILES string of the molecule is CCC[CH2][Sn]([CH2]CCC)([CH2]CCCC=O)[CH2]CCCC=O.[SnH2]. The molecular weight excluding hydrogens is 486 g/mol. The van der Waals surface area contributed by atoms with Gasteiger partial charge in [0.1, 0.15) is 0 Å². The standard InChI is InChI=1S/2C5H9O.2C4H9.2Sn.2H/c2*1-2-3-4-5-6;2*1-3-4-2;;;;/h2*5H,1-4H2;2*1,3-4H2,2H3;;;;. The second-order valence-corrected chi connectivity index (χ2v) is 20.8. The molecule has 0 saturated heterocycles. The van der Waals surface area contributed by atoms with Crippen molar-refractivity contribution in [1.29, 1.82) is 0 Å². The van der Waals surface area contributed by atoms with Gasteiger partial charge in [-0.3, -0.25) is 0 Å². The Morgan fingerprint density at radius 3 is 1.32 bits per heavy atom. The predicted octanol–water partition coefficient (Wildman–Crippen LogP) is 4.86. The van der Waals surface area contributed by atoms with E-state index >= 15 is 0 Å². The molecule has 4 heteroatoms. The van der Waals surface area contributed by atoms with Gasteiger partial charge >= 0.3 is 160 Å². The van der Waals surface area contributed by atoms with Gasteiger partial charge in [-0.05, 0) is 0 Å². The zero-order valence-corrected chi connectivity index (χ0v) is 22.0. The Morgan fingerprint density at radius 2 is 1.00 bits per heavy atom. The molecule has 0 N–H and O–H groups in total. The predicted molar refractivity (Wildman–Crippen MR) is 103 cm³/mol. The van der Waals surface area contributed by atoms with Crippen molar-refractivity contribution in [1.82, 2.24) is 0 Å². The van der Waals surface area contributed by atoms with E-state index in [0.717, 1.165) is 38.3 Å². The van der Waals surface area contributed by atoms with Crippen LogP contribution in [0.25, 0.3) is 0 Å². The van der Waals surface area contributed by atoms with E-state index in [9.17, 15) is 9.59 Å². The van der Waals surface area contributed by atoms with Gasteiger partial charge in [-0.15, -0.1) is 0 Å². The first-order valence-corrected chi connectivity index (χ1v) is 17.2.